The lowest BCUT2D eigenvalue weighted by atomic mass is 10.1. The van der Waals surface area contributed by atoms with Gasteiger partial charge in [-0.2, -0.15) is 11.8 Å². The number of thioether (sulfide) groups is 1. The van der Waals surface area contributed by atoms with Crippen molar-refractivity contribution in [1.29, 1.82) is 0 Å². The molecule has 1 aromatic rings. The maximum absolute atomic E-state index is 12.7. The van der Waals surface area contributed by atoms with Gasteiger partial charge in [-0.1, -0.05) is 11.6 Å². The highest BCUT2D eigenvalue weighted by Gasteiger charge is 2.10. The van der Waals surface area contributed by atoms with Gasteiger partial charge in [-0.3, -0.25) is 4.79 Å². The van der Waals surface area contributed by atoms with Crippen molar-refractivity contribution in [3.63, 3.8) is 0 Å². The molecule has 1 nitrogen and oxygen atoms in total. The molecule has 0 aliphatic heterocycles. The topological polar surface area (TPSA) is 17.1 Å². The Hall–Kier alpha value is -0.540. The number of halogens is 2. The Bertz CT molecular complexity index is 327. The van der Waals surface area contributed by atoms with Gasteiger partial charge in [0.1, 0.15) is 5.82 Å². The predicted molar refractivity (Wildman–Crippen MR) is 54.1 cm³/mol. The molecule has 0 aliphatic carbocycles. The molecule has 0 spiro atoms. The van der Waals surface area contributed by atoms with E-state index in [2.05, 4.69) is 0 Å². The number of Topliss-reactive ketones (excluding diaryl/α,β-unsaturated/α-hetero) is 1. The van der Waals surface area contributed by atoms with Crippen LogP contribution in [0.15, 0.2) is 18.2 Å². The Kier molecular flexibility index (Phi) is 3.75. The van der Waals surface area contributed by atoms with E-state index < -0.39 is 5.82 Å². The smallest absolute Gasteiger partial charge is 0.174 e. The summed E-state index contributed by atoms with van der Waals surface area (Å²) < 4.78 is 12.7. The first-order valence-corrected chi connectivity index (χ1v) is 5.39. The Morgan fingerprint density at radius 1 is 1.62 bits per heavy atom. The third-order valence-corrected chi connectivity index (χ3v) is 2.38. The van der Waals surface area contributed by atoms with E-state index in [9.17, 15) is 9.18 Å². The van der Waals surface area contributed by atoms with Crippen LogP contribution < -0.4 is 0 Å². The lowest BCUT2D eigenvalue weighted by molar-refractivity contribution is 0.102. The fourth-order valence-corrected chi connectivity index (χ4v) is 1.56. The first-order chi connectivity index (χ1) is 6.15. The number of benzene rings is 1. The molecule has 0 fully saturated rings. The van der Waals surface area contributed by atoms with Crippen molar-refractivity contribution in [2.75, 3.05) is 12.0 Å². The molecule has 0 bridgehead atoms. The van der Waals surface area contributed by atoms with Gasteiger partial charge in [0, 0.05) is 5.56 Å². The fourth-order valence-electron chi connectivity index (χ4n) is 0.920. The van der Waals surface area contributed by atoms with Gasteiger partial charge in [-0.25, -0.2) is 4.39 Å². The van der Waals surface area contributed by atoms with Gasteiger partial charge >= 0.3 is 0 Å². The molecule has 0 atom stereocenters. The highest BCUT2D eigenvalue weighted by Crippen LogP contribution is 2.18. The van der Waals surface area contributed by atoms with Crippen LogP contribution in [-0.4, -0.2) is 17.8 Å². The molecular formula is C9H8ClFOS. The summed E-state index contributed by atoms with van der Waals surface area (Å²) in [6, 6.07) is 3.80. The third kappa shape index (κ3) is 2.71. The van der Waals surface area contributed by atoms with Crippen molar-refractivity contribution in [2.45, 2.75) is 0 Å². The van der Waals surface area contributed by atoms with Crippen molar-refractivity contribution in [3.8, 4) is 0 Å². The molecule has 0 saturated heterocycles. The second-order valence-corrected chi connectivity index (χ2v) is 3.75. The molecule has 1 aromatic carbocycles. The SMILES string of the molecule is CSCC(=O)c1cc(F)ccc1Cl. The maximum Gasteiger partial charge on any atom is 0.174 e. The number of hydrogen-bond acceptors (Lipinski definition) is 2. The van der Waals surface area contributed by atoms with E-state index in [4.69, 9.17) is 11.6 Å². The minimum Gasteiger partial charge on any atom is -0.293 e. The quantitative estimate of drug-likeness (QED) is 0.726. The van der Waals surface area contributed by atoms with Gasteiger partial charge < -0.3 is 0 Å². The van der Waals surface area contributed by atoms with Crippen molar-refractivity contribution < 1.29 is 9.18 Å². The average Bonchev–Trinajstić information content (AvgIpc) is 2.09. The van der Waals surface area contributed by atoms with Crippen LogP contribution in [0.3, 0.4) is 0 Å². The van der Waals surface area contributed by atoms with Crippen LogP contribution in [0.4, 0.5) is 4.39 Å². The van der Waals surface area contributed by atoms with Gasteiger partial charge in [-0.05, 0) is 24.5 Å². The van der Waals surface area contributed by atoms with E-state index in [1.54, 1.807) is 0 Å². The normalized spacial score (nSPS) is 10.1. The van der Waals surface area contributed by atoms with E-state index in [0.29, 0.717) is 10.8 Å². The minimum atomic E-state index is -0.436. The summed E-state index contributed by atoms with van der Waals surface area (Å²) in [5.41, 5.74) is 0.260. The lowest BCUT2D eigenvalue weighted by Gasteiger charge is -2.01. The zero-order valence-electron chi connectivity index (χ0n) is 7.01. The average molecular weight is 219 g/mol. The standard InChI is InChI=1S/C9H8ClFOS/c1-13-5-9(12)7-4-6(11)2-3-8(7)10/h2-4H,5H2,1H3. The summed E-state index contributed by atoms with van der Waals surface area (Å²) in [5, 5.41) is 0.306. The third-order valence-electron chi connectivity index (χ3n) is 1.50. The summed E-state index contributed by atoms with van der Waals surface area (Å²) in [6.45, 7) is 0. The lowest BCUT2D eigenvalue weighted by Crippen LogP contribution is -2.03. The van der Waals surface area contributed by atoms with Gasteiger partial charge in [0.2, 0.25) is 0 Å². The molecule has 4 heteroatoms. The number of rotatable bonds is 3. The number of hydrogen-bond donors (Lipinski definition) is 0. The summed E-state index contributed by atoms with van der Waals surface area (Å²) in [4.78, 5) is 11.3. The monoisotopic (exact) mass is 218 g/mol. The van der Waals surface area contributed by atoms with Crippen LogP contribution in [0.1, 0.15) is 10.4 Å². The van der Waals surface area contributed by atoms with Crippen LogP contribution in [0.2, 0.25) is 5.02 Å². The predicted octanol–water partition coefficient (Wildman–Crippen LogP) is 3.02. The molecule has 0 saturated carbocycles. The van der Waals surface area contributed by atoms with Crippen LogP contribution >= 0.6 is 23.4 Å². The van der Waals surface area contributed by atoms with Gasteiger partial charge in [0.05, 0.1) is 10.8 Å². The summed E-state index contributed by atoms with van der Waals surface area (Å²) in [5.74, 6) is -0.255. The molecule has 70 valence electrons. The van der Waals surface area contributed by atoms with Gasteiger partial charge in [-0.15, -0.1) is 0 Å². The molecule has 0 radical (unpaired) electrons. The summed E-state index contributed by atoms with van der Waals surface area (Å²) >= 11 is 7.12. The van der Waals surface area contributed by atoms with Crippen molar-refractivity contribution in [2.24, 2.45) is 0 Å². The van der Waals surface area contributed by atoms with E-state index in [1.807, 2.05) is 6.26 Å². The highest BCUT2D eigenvalue weighted by molar-refractivity contribution is 7.99. The molecule has 0 amide bonds. The summed E-state index contributed by atoms with van der Waals surface area (Å²) in [6.07, 6.45) is 1.81. The van der Waals surface area contributed by atoms with Crippen molar-refractivity contribution in [3.05, 3.63) is 34.6 Å². The molecule has 13 heavy (non-hydrogen) atoms. The van der Waals surface area contributed by atoms with E-state index in [0.717, 1.165) is 0 Å². The largest absolute Gasteiger partial charge is 0.293 e. The van der Waals surface area contributed by atoms with E-state index in [-0.39, 0.29) is 11.3 Å². The van der Waals surface area contributed by atoms with Crippen LogP contribution in [-0.2, 0) is 0 Å². The number of carbonyl (C=O) groups excluding carboxylic acids is 1. The van der Waals surface area contributed by atoms with Crippen LogP contribution in [0.5, 0.6) is 0 Å². The van der Waals surface area contributed by atoms with E-state index in [1.165, 1.54) is 30.0 Å². The van der Waals surface area contributed by atoms with E-state index >= 15 is 0 Å². The zero-order chi connectivity index (χ0) is 9.84. The molecule has 0 unspecified atom stereocenters. The Balaban J connectivity index is 2.99. The molecular weight excluding hydrogens is 211 g/mol. The van der Waals surface area contributed by atoms with Crippen LogP contribution in [0, 0.1) is 5.82 Å². The number of carbonyl (C=O) groups is 1. The molecule has 0 aliphatic rings. The van der Waals surface area contributed by atoms with Crippen molar-refractivity contribution in [1.82, 2.24) is 0 Å². The van der Waals surface area contributed by atoms with Crippen LogP contribution in [0.25, 0.3) is 0 Å². The van der Waals surface area contributed by atoms with Crippen molar-refractivity contribution >= 4 is 29.1 Å². The minimum absolute atomic E-state index is 0.142. The Morgan fingerprint density at radius 2 is 2.31 bits per heavy atom. The second-order valence-electron chi connectivity index (χ2n) is 2.48. The first-order valence-electron chi connectivity index (χ1n) is 3.62. The molecule has 0 N–H and O–H groups in total. The Morgan fingerprint density at radius 3 is 2.92 bits per heavy atom. The molecule has 1 rings (SSSR count). The maximum atomic E-state index is 12.7. The first kappa shape index (κ1) is 10.5. The molecule has 0 heterocycles. The fraction of sp³-hybridized carbons (Fsp3) is 0.222. The van der Waals surface area contributed by atoms with Gasteiger partial charge in [0.15, 0.2) is 5.78 Å². The second kappa shape index (κ2) is 4.63. The highest BCUT2D eigenvalue weighted by atomic mass is 35.5. The number of ketones is 1. The summed E-state index contributed by atoms with van der Waals surface area (Å²) in [7, 11) is 0. The zero-order valence-corrected chi connectivity index (χ0v) is 8.58. The van der Waals surface area contributed by atoms with Gasteiger partial charge in [0.25, 0.3) is 0 Å². The molecule has 0 aromatic heterocycles. The Labute approximate surface area is 85.3 Å².